The lowest BCUT2D eigenvalue weighted by atomic mass is 10.0. The molecular formula is C12H17Cl2N3O. The quantitative estimate of drug-likeness (QED) is 0.730. The van der Waals surface area contributed by atoms with E-state index in [1.807, 2.05) is 13.8 Å². The first-order valence-corrected chi connectivity index (χ1v) is 6.42. The highest BCUT2D eigenvalue weighted by molar-refractivity contribution is 6.36. The van der Waals surface area contributed by atoms with E-state index in [-0.39, 0.29) is 5.91 Å². The van der Waals surface area contributed by atoms with Gasteiger partial charge in [-0.05, 0) is 30.5 Å². The molecule has 0 radical (unpaired) electrons. The maximum Gasteiger partial charge on any atom is 0.255 e. The van der Waals surface area contributed by atoms with Gasteiger partial charge >= 0.3 is 0 Å². The lowest BCUT2D eigenvalue weighted by molar-refractivity contribution is -0.122. The molecule has 0 bridgehead atoms. The molecule has 0 aromatic heterocycles. The van der Waals surface area contributed by atoms with Crippen LogP contribution in [0.2, 0.25) is 10.0 Å². The monoisotopic (exact) mass is 289 g/mol. The van der Waals surface area contributed by atoms with E-state index in [9.17, 15) is 4.79 Å². The number of nitrogens with two attached hydrogens (primary N) is 1. The van der Waals surface area contributed by atoms with Crippen LogP contribution in [0.15, 0.2) is 18.2 Å². The summed E-state index contributed by atoms with van der Waals surface area (Å²) in [5.74, 6) is 0.0968. The van der Waals surface area contributed by atoms with Gasteiger partial charge in [-0.3, -0.25) is 15.6 Å². The molecule has 100 valence electrons. The first-order valence-electron chi connectivity index (χ1n) is 5.66. The molecule has 6 heteroatoms. The lowest BCUT2D eigenvalue weighted by Crippen LogP contribution is -2.43. The number of amides is 1. The van der Waals surface area contributed by atoms with Gasteiger partial charge in [-0.2, -0.15) is 0 Å². The summed E-state index contributed by atoms with van der Waals surface area (Å²) in [7, 11) is 0. The van der Waals surface area contributed by atoms with Crippen LogP contribution >= 0.6 is 23.2 Å². The highest BCUT2D eigenvalue weighted by atomic mass is 35.5. The van der Waals surface area contributed by atoms with Gasteiger partial charge in [0.15, 0.2) is 0 Å². The van der Waals surface area contributed by atoms with Crippen molar-refractivity contribution in [3.8, 4) is 0 Å². The van der Waals surface area contributed by atoms with E-state index >= 15 is 0 Å². The molecule has 1 atom stereocenters. The Hall–Kier alpha value is -0.970. The molecule has 1 amide bonds. The van der Waals surface area contributed by atoms with Crippen molar-refractivity contribution in [3.63, 3.8) is 0 Å². The molecule has 1 aromatic rings. The first kappa shape index (κ1) is 15.1. The fourth-order valence-electron chi connectivity index (χ4n) is 1.43. The minimum absolute atomic E-state index is 0.269. The minimum atomic E-state index is -0.538. The summed E-state index contributed by atoms with van der Waals surface area (Å²) in [6, 6.07) is 4.41. The van der Waals surface area contributed by atoms with Crippen molar-refractivity contribution in [2.24, 2.45) is 11.7 Å². The Balaban J connectivity index is 2.52. The van der Waals surface area contributed by atoms with Crippen LogP contribution in [0.25, 0.3) is 0 Å². The van der Waals surface area contributed by atoms with Crippen LogP contribution in [0, 0.1) is 5.92 Å². The number of carbonyl (C=O) groups is 1. The van der Waals surface area contributed by atoms with Gasteiger partial charge in [0.2, 0.25) is 0 Å². The summed E-state index contributed by atoms with van der Waals surface area (Å²) in [6.07, 6.45) is 0.627. The van der Waals surface area contributed by atoms with Crippen molar-refractivity contribution in [3.05, 3.63) is 28.2 Å². The molecule has 0 spiro atoms. The Morgan fingerprint density at radius 1 is 1.39 bits per heavy atom. The fraction of sp³-hybridized carbons (Fsp3) is 0.417. The molecule has 0 fully saturated rings. The second-order valence-corrected chi connectivity index (χ2v) is 5.32. The molecule has 4 nitrogen and oxygen atoms in total. The van der Waals surface area contributed by atoms with Crippen molar-refractivity contribution in [1.82, 2.24) is 5.43 Å². The average Bonchev–Trinajstić information content (AvgIpc) is 2.26. The Labute approximate surface area is 117 Å². The van der Waals surface area contributed by atoms with E-state index < -0.39 is 6.04 Å². The molecule has 4 N–H and O–H groups in total. The summed E-state index contributed by atoms with van der Waals surface area (Å²) in [5, 5.41) is 0.966. The van der Waals surface area contributed by atoms with Crippen molar-refractivity contribution >= 4 is 34.8 Å². The van der Waals surface area contributed by atoms with E-state index in [2.05, 4.69) is 10.9 Å². The average molecular weight is 290 g/mol. The van der Waals surface area contributed by atoms with E-state index in [0.717, 1.165) is 0 Å². The summed E-state index contributed by atoms with van der Waals surface area (Å²) in [4.78, 5) is 11.7. The van der Waals surface area contributed by atoms with Crippen molar-refractivity contribution in [2.45, 2.75) is 26.3 Å². The smallest absolute Gasteiger partial charge is 0.255 e. The Bertz CT molecular complexity index is 424. The molecule has 1 rings (SSSR count). The highest BCUT2D eigenvalue weighted by Gasteiger charge is 2.14. The Morgan fingerprint density at radius 2 is 2.06 bits per heavy atom. The third-order valence-corrected chi connectivity index (χ3v) is 2.86. The zero-order chi connectivity index (χ0) is 13.7. The molecule has 0 unspecified atom stereocenters. The maximum atomic E-state index is 11.7. The van der Waals surface area contributed by atoms with Crippen LogP contribution in [0.3, 0.4) is 0 Å². The maximum absolute atomic E-state index is 11.7. The molecule has 0 heterocycles. The van der Waals surface area contributed by atoms with Gasteiger partial charge in [0.25, 0.3) is 5.91 Å². The van der Waals surface area contributed by atoms with Gasteiger partial charge in [0, 0.05) is 5.02 Å². The van der Waals surface area contributed by atoms with Crippen LogP contribution in [0.4, 0.5) is 5.69 Å². The molecular weight excluding hydrogens is 273 g/mol. The Kier molecular flexibility index (Phi) is 5.72. The van der Waals surface area contributed by atoms with Crippen molar-refractivity contribution in [1.29, 1.82) is 0 Å². The number of hydrogen-bond donors (Lipinski definition) is 3. The van der Waals surface area contributed by atoms with Crippen LogP contribution < -0.4 is 16.6 Å². The zero-order valence-electron chi connectivity index (χ0n) is 10.3. The molecule has 1 aromatic carbocycles. The predicted molar refractivity (Wildman–Crippen MR) is 75.7 cm³/mol. The summed E-state index contributed by atoms with van der Waals surface area (Å²) >= 11 is 11.7. The summed E-state index contributed by atoms with van der Waals surface area (Å²) in [6.45, 7) is 4.02. The van der Waals surface area contributed by atoms with Gasteiger partial charge in [0.05, 0.1) is 16.8 Å². The normalized spacial score (nSPS) is 12.3. The topological polar surface area (TPSA) is 67.2 Å². The van der Waals surface area contributed by atoms with Gasteiger partial charge in [-0.25, -0.2) is 0 Å². The molecule has 0 aliphatic rings. The van der Waals surface area contributed by atoms with Crippen molar-refractivity contribution in [2.75, 3.05) is 5.43 Å². The third kappa shape index (κ3) is 4.72. The SMILES string of the molecule is CC(C)C[C@H](N)C(=O)NNc1ccc(Cl)cc1Cl. The number of anilines is 1. The molecule has 0 saturated heterocycles. The number of hydrazine groups is 1. The first-order chi connectivity index (χ1) is 8.40. The molecule has 0 aliphatic heterocycles. The summed E-state index contributed by atoms with van der Waals surface area (Å²) in [5.41, 5.74) is 11.6. The van der Waals surface area contributed by atoms with Gasteiger partial charge in [-0.1, -0.05) is 37.0 Å². The lowest BCUT2D eigenvalue weighted by Gasteiger charge is -2.15. The van der Waals surface area contributed by atoms with Gasteiger partial charge < -0.3 is 5.73 Å². The minimum Gasteiger partial charge on any atom is -0.320 e. The number of hydrogen-bond acceptors (Lipinski definition) is 3. The van der Waals surface area contributed by atoms with E-state index in [0.29, 0.717) is 28.1 Å². The number of rotatable bonds is 5. The van der Waals surface area contributed by atoms with Gasteiger partial charge in [-0.15, -0.1) is 0 Å². The van der Waals surface area contributed by atoms with Crippen LogP contribution in [0.5, 0.6) is 0 Å². The zero-order valence-corrected chi connectivity index (χ0v) is 11.8. The number of benzene rings is 1. The van der Waals surface area contributed by atoms with E-state index in [4.69, 9.17) is 28.9 Å². The van der Waals surface area contributed by atoms with Crippen molar-refractivity contribution < 1.29 is 4.79 Å². The van der Waals surface area contributed by atoms with Gasteiger partial charge in [0.1, 0.15) is 0 Å². The summed E-state index contributed by atoms with van der Waals surface area (Å²) < 4.78 is 0. The number of carbonyl (C=O) groups excluding carboxylic acids is 1. The van der Waals surface area contributed by atoms with Crippen LogP contribution in [0.1, 0.15) is 20.3 Å². The van der Waals surface area contributed by atoms with E-state index in [1.165, 1.54) is 0 Å². The molecule has 0 aliphatic carbocycles. The standard InChI is InChI=1S/C12H17Cl2N3O/c1-7(2)5-10(15)12(18)17-16-11-4-3-8(13)6-9(11)14/h3-4,6-7,10,16H,5,15H2,1-2H3,(H,17,18)/t10-/m0/s1. The number of halogens is 2. The number of nitrogens with one attached hydrogen (secondary N) is 2. The van der Waals surface area contributed by atoms with Crippen LogP contribution in [-0.2, 0) is 4.79 Å². The third-order valence-electron chi connectivity index (χ3n) is 2.31. The van der Waals surface area contributed by atoms with E-state index in [1.54, 1.807) is 18.2 Å². The highest BCUT2D eigenvalue weighted by Crippen LogP contribution is 2.24. The second kappa shape index (κ2) is 6.83. The largest absolute Gasteiger partial charge is 0.320 e. The second-order valence-electron chi connectivity index (χ2n) is 4.47. The fourth-order valence-corrected chi connectivity index (χ4v) is 1.88. The van der Waals surface area contributed by atoms with Crippen LogP contribution in [-0.4, -0.2) is 11.9 Å². The Morgan fingerprint density at radius 3 is 2.61 bits per heavy atom. The molecule has 0 saturated carbocycles. The predicted octanol–water partition coefficient (Wildman–Crippen LogP) is 2.81. The molecule has 18 heavy (non-hydrogen) atoms.